The van der Waals surface area contributed by atoms with E-state index in [9.17, 15) is 38.1 Å². The van der Waals surface area contributed by atoms with Crippen molar-refractivity contribution in [2.45, 2.75) is 34.0 Å². The number of fused-ring (bicyclic) bond motifs is 1. The van der Waals surface area contributed by atoms with Gasteiger partial charge < -0.3 is 20.6 Å². The maximum absolute atomic E-state index is 12.8. The number of nitrogens with zero attached hydrogens (tertiary/aromatic N) is 5. The second-order valence-electron chi connectivity index (χ2n) is 7.53. The van der Waals surface area contributed by atoms with Gasteiger partial charge in [0.25, 0.3) is 21.9 Å². The summed E-state index contributed by atoms with van der Waals surface area (Å²) in [5.41, 5.74) is -1.66. The summed E-state index contributed by atoms with van der Waals surface area (Å²) >= 11 is 1.60. The summed E-state index contributed by atoms with van der Waals surface area (Å²) in [6.07, 6.45) is -1.55. The highest BCUT2D eigenvalue weighted by atomic mass is 32.2. The van der Waals surface area contributed by atoms with Crippen molar-refractivity contribution in [1.29, 1.82) is 0 Å². The minimum atomic E-state index is -4.46. The van der Waals surface area contributed by atoms with E-state index in [4.69, 9.17) is 4.55 Å². The fourth-order valence-corrected chi connectivity index (χ4v) is 6.43. The Morgan fingerprint density at radius 1 is 1.25 bits per heavy atom. The van der Waals surface area contributed by atoms with E-state index in [1.807, 2.05) is 0 Å². The molecule has 0 saturated carbocycles. The van der Waals surface area contributed by atoms with Gasteiger partial charge in [-0.1, -0.05) is 53.9 Å². The Balaban J connectivity index is 1.50. The summed E-state index contributed by atoms with van der Waals surface area (Å²) in [7, 11) is -4.46. The number of aliphatic carboxylic acids is 1. The zero-order chi connectivity index (χ0) is 26.2. The molecule has 2 aromatic rings. The number of thioether (sulfide) groups is 2. The molecule has 1 unspecified atom stereocenters. The average Bonchev–Trinajstić information content (AvgIpc) is 3.25. The molecule has 1 fully saturated rings. The van der Waals surface area contributed by atoms with Gasteiger partial charge in [-0.15, -0.1) is 5.10 Å². The van der Waals surface area contributed by atoms with Gasteiger partial charge in [0, 0.05) is 11.3 Å². The molecule has 18 heteroatoms. The molecule has 1 saturated heterocycles. The number of aliphatic hydroxyl groups excluding tert-OH is 2. The van der Waals surface area contributed by atoms with E-state index >= 15 is 0 Å². The van der Waals surface area contributed by atoms with Gasteiger partial charge in [0.15, 0.2) is 12.0 Å². The number of benzene rings is 1. The van der Waals surface area contributed by atoms with Crippen molar-refractivity contribution in [3.05, 3.63) is 47.2 Å². The number of carbonyl (C=O) groups excluding carboxylic acids is 2. The Morgan fingerprint density at radius 3 is 2.58 bits per heavy atom. The van der Waals surface area contributed by atoms with Gasteiger partial charge in [0.1, 0.15) is 22.5 Å². The summed E-state index contributed by atoms with van der Waals surface area (Å²) < 4.78 is 32.0. The van der Waals surface area contributed by atoms with Crippen LogP contribution in [0, 0.1) is 0 Å². The molecule has 1 aromatic carbocycles. The van der Waals surface area contributed by atoms with Crippen LogP contribution in [0.4, 0.5) is 0 Å². The van der Waals surface area contributed by atoms with E-state index in [1.54, 1.807) is 18.2 Å². The quantitative estimate of drug-likeness (QED) is 0.133. The Morgan fingerprint density at radius 2 is 1.94 bits per heavy atom. The number of aromatic nitrogens is 4. The fourth-order valence-electron chi connectivity index (χ4n) is 3.54. The summed E-state index contributed by atoms with van der Waals surface area (Å²) in [6, 6.07) is 6.83. The fraction of sp³-hybridized carbons (Fsp3) is 0.333. The van der Waals surface area contributed by atoms with Crippen LogP contribution in [0.5, 0.6) is 0 Å². The van der Waals surface area contributed by atoms with Crippen LogP contribution in [0.1, 0.15) is 11.7 Å². The lowest BCUT2D eigenvalue weighted by molar-refractivity contribution is -0.152. The van der Waals surface area contributed by atoms with Crippen LogP contribution >= 0.6 is 23.5 Å². The van der Waals surface area contributed by atoms with Crippen LogP contribution in [0.2, 0.25) is 0 Å². The van der Waals surface area contributed by atoms with Gasteiger partial charge in [0.05, 0.1) is 0 Å². The van der Waals surface area contributed by atoms with Crippen molar-refractivity contribution < 1.29 is 42.7 Å². The van der Waals surface area contributed by atoms with Crippen molar-refractivity contribution in [1.82, 2.24) is 30.4 Å². The second-order valence-corrected chi connectivity index (χ2v) is 11.1. The zero-order valence-corrected chi connectivity index (χ0v) is 20.4. The minimum absolute atomic E-state index is 0.0717. The smallest absolute Gasteiger partial charge is 0.352 e. The van der Waals surface area contributed by atoms with Crippen LogP contribution in [0.25, 0.3) is 0 Å². The number of carbonyl (C=O) groups is 3. The molecule has 2 amide bonds. The maximum Gasteiger partial charge on any atom is 0.352 e. The molecule has 36 heavy (non-hydrogen) atoms. The van der Waals surface area contributed by atoms with Crippen LogP contribution in [-0.2, 0) is 30.4 Å². The third-order valence-electron chi connectivity index (χ3n) is 5.16. The SMILES string of the molecule is O=C(O)C1=C(CSc2nnnn2CS(=O)(=O)O)C(O)S[C@@H]2[C@H](NC(=O)[C@H](O)c3ccccc3)C(=O)N12. The van der Waals surface area contributed by atoms with Gasteiger partial charge in [0.2, 0.25) is 5.16 Å². The van der Waals surface area contributed by atoms with Crippen LogP contribution in [0.15, 0.2) is 46.8 Å². The molecule has 2 aliphatic heterocycles. The summed E-state index contributed by atoms with van der Waals surface area (Å²) in [6.45, 7) is 0. The Kier molecular flexibility index (Phi) is 7.34. The summed E-state index contributed by atoms with van der Waals surface area (Å²) in [5.74, 6) is -4.28. The first-order valence-electron chi connectivity index (χ1n) is 9.98. The van der Waals surface area contributed by atoms with Crippen LogP contribution < -0.4 is 5.32 Å². The van der Waals surface area contributed by atoms with E-state index in [0.29, 0.717) is 5.56 Å². The van der Waals surface area contributed by atoms with Gasteiger partial charge >= 0.3 is 5.97 Å². The molecule has 4 atom stereocenters. The average molecular weight is 559 g/mol. The lowest BCUT2D eigenvalue weighted by Gasteiger charge is -2.50. The van der Waals surface area contributed by atoms with Crippen molar-refractivity contribution in [2.75, 3.05) is 5.75 Å². The third-order valence-corrected chi connectivity index (χ3v) is 8.04. The van der Waals surface area contributed by atoms with E-state index in [2.05, 4.69) is 20.8 Å². The molecule has 4 rings (SSSR count). The van der Waals surface area contributed by atoms with Crippen LogP contribution in [-0.4, -0.2) is 93.8 Å². The highest BCUT2D eigenvalue weighted by Crippen LogP contribution is 2.44. The van der Waals surface area contributed by atoms with Gasteiger partial charge in [-0.3, -0.25) is 19.0 Å². The Labute approximate surface area is 211 Å². The van der Waals surface area contributed by atoms with Crippen molar-refractivity contribution >= 4 is 51.4 Å². The normalized spacial score (nSPS) is 22.6. The van der Waals surface area contributed by atoms with Crippen molar-refractivity contribution in [3.63, 3.8) is 0 Å². The summed E-state index contributed by atoms with van der Waals surface area (Å²) in [4.78, 5) is 38.2. The first-order valence-corrected chi connectivity index (χ1v) is 13.5. The van der Waals surface area contributed by atoms with E-state index in [-0.39, 0.29) is 16.5 Å². The molecule has 5 N–H and O–H groups in total. The molecule has 15 nitrogen and oxygen atoms in total. The van der Waals surface area contributed by atoms with Crippen molar-refractivity contribution in [3.8, 4) is 0 Å². The summed E-state index contributed by atoms with van der Waals surface area (Å²) in [5, 5.41) is 42.4. The number of hydrogen-bond donors (Lipinski definition) is 5. The van der Waals surface area contributed by atoms with Crippen LogP contribution in [0.3, 0.4) is 0 Å². The van der Waals surface area contributed by atoms with Gasteiger partial charge in [-0.05, 0) is 16.0 Å². The Bertz CT molecular complexity index is 1330. The number of carboxylic acids is 1. The number of nitrogens with one attached hydrogen (secondary N) is 1. The lowest BCUT2D eigenvalue weighted by Crippen LogP contribution is -2.71. The number of tetrazole rings is 1. The topological polar surface area (TPSA) is 225 Å². The molecular formula is C18H18N6O9S3. The number of carboxylic acid groups (broad SMARTS) is 1. The largest absolute Gasteiger partial charge is 0.477 e. The third kappa shape index (κ3) is 5.22. The number of β-lactam (4-membered cyclic amide) rings is 1. The number of amides is 2. The molecule has 2 aliphatic rings. The minimum Gasteiger partial charge on any atom is -0.477 e. The Hall–Kier alpha value is -3.03. The molecule has 3 heterocycles. The van der Waals surface area contributed by atoms with E-state index < -0.39 is 62.4 Å². The first-order chi connectivity index (χ1) is 17.0. The standard InChI is InChI=1S/C18H18N6O9S3/c25-12(8-4-2-1-3-5-8)13(26)19-10-14(27)24-11(16(28)29)9(17(30)35-15(10)24)6-34-18-20-21-22-23(18)7-36(31,32)33/h1-5,10,12,15,17,25,30H,6-7H2,(H,19,26)(H,28,29)(H,31,32,33)/t10-,12-,15-,17?/m1/s1. The van der Waals surface area contributed by atoms with Crippen molar-refractivity contribution in [2.24, 2.45) is 0 Å². The second kappa shape index (κ2) is 10.1. The predicted molar refractivity (Wildman–Crippen MR) is 122 cm³/mol. The molecule has 0 radical (unpaired) electrons. The number of hydrogen-bond acceptors (Lipinski definition) is 12. The highest BCUT2D eigenvalue weighted by Gasteiger charge is 2.56. The first kappa shape index (κ1) is 26.0. The maximum atomic E-state index is 12.8. The molecule has 1 aromatic heterocycles. The zero-order valence-electron chi connectivity index (χ0n) is 17.9. The van der Waals surface area contributed by atoms with E-state index in [0.717, 1.165) is 33.1 Å². The van der Waals surface area contributed by atoms with Gasteiger partial charge in [-0.2, -0.15) is 8.42 Å². The molecule has 192 valence electrons. The number of aliphatic hydroxyl groups is 2. The predicted octanol–water partition coefficient (Wildman–Crippen LogP) is -1.60. The van der Waals surface area contributed by atoms with E-state index in [1.165, 1.54) is 12.1 Å². The highest BCUT2D eigenvalue weighted by molar-refractivity contribution is 8.01. The number of rotatable bonds is 9. The van der Waals surface area contributed by atoms with Gasteiger partial charge in [-0.25, -0.2) is 9.48 Å². The molecule has 0 spiro atoms. The molecule has 0 bridgehead atoms. The molecular weight excluding hydrogens is 540 g/mol. The monoisotopic (exact) mass is 558 g/mol. The molecule has 0 aliphatic carbocycles. The lowest BCUT2D eigenvalue weighted by atomic mass is 10.0.